The topological polar surface area (TPSA) is 83.1 Å². The van der Waals surface area contributed by atoms with Crippen molar-refractivity contribution in [2.75, 3.05) is 45.7 Å². The smallest absolute Gasteiger partial charge is 0.318 e. The van der Waals surface area contributed by atoms with Gasteiger partial charge in [0.15, 0.2) is 0 Å². The summed E-state index contributed by atoms with van der Waals surface area (Å²) in [4.78, 5) is 29.3. The molecule has 0 spiro atoms. The first-order valence-corrected chi connectivity index (χ1v) is 10.3. The number of nitrogens with one attached hydrogen (secondary N) is 2. The van der Waals surface area contributed by atoms with E-state index in [0.29, 0.717) is 30.3 Å². The Morgan fingerprint density at radius 1 is 1.00 bits per heavy atom. The molecule has 1 aliphatic rings. The van der Waals surface area contributed by atoms with Gasteiger partial charge < -0.3 is 25.0 Å². The molecule has 0 radical (unpaired) electrons. The molecule has 8 nitrogen and oxygen atoms in total. The van der Waals surface area contributed by atoms with Crippen LogP contribution in [0.25, 0.3) is 0 Å². The van der Waals surface area contributed by atoms with Gasteiger partial charge in [0.05, 0.1) is 19.9 Å². The van der Waals surface area contributed by atoms with Crippen LogP contribution in [0, 0.1) is 0 Å². The largest absolute Gasteiger partial charge is 0.497 e. The summed E-state index contributed by atoms with van der Waals surface area (Å²) in [5, 5.41) is 5.58. The standard InChI is InChI=1S/C23H30N4O4/c1-17(22(28)25-20-15-19(30-2)9-10-21(20)31-3)24-23(29)27-13-11-26(12-14-27)16-18-7-5-4-6-8-18/h4-10,15,17H,11-14,16H2,1-3H3,(H,24,29)(H,25,28)/t17-/m0/s1. The SMILES string of the molecule is COc1ccc(OC)c(NC(=O)[C@H](C)NC(=O)N2CCN(Cc3ccccc3)CC2)c1. The Balaban J connectivity index is 1.49. The van der Waals surface area contributed by atoms with E-state index in [1.807, 2.05) is 18.2 Å². The summed E-state index contributed by atoms with van der Waals surface area (Å²) in [6, 6.07) is 14.5. The van der Waals surface area contributed by atoms with Crippen LogP contribution >= 0.6 is 0 Å². The first kappa shape index (κ1) is 22.4. The fourth-order valence-electron chi connectivity index (χ4n) is 3.45. The lowest BCUT2D eigenvalue weighted by molar-refractivity contribution is -0.117. The molecule has 1 atom stereocenters. The minimum atomic E-state index is -0.703. The van der Waals surface area contributed by atoms with Crippen LogP contribution < -0.4 is 20.1 Å². The van der Waals surface area contributed by atoms with Crippen LogP contribution in [0.2, 0.25) is 0 Å². The lowest BCUT2D eigenvalue weighted by atomic mass is 10.2. The Kier molecular flexibility index (Phi) is 7.72. The molecule has 0 bridgehead atoms. The summed E-state index contributed by atoms with van der Waals surface area (Å²) in [5.74, 6) is 0.783. The number of anilines is 1. The summed E-state index contributed by atoms with van der Waals surface area (Å²) < 4.78 is 10.5. The van der Waals surface area contributed by atoms with Crippen LogP contribution in [0.5, 0.6) is 11.5 Å². The Morgan fingerprint density at radius 2 is 1.71 bits per heavy atom. The number of nitrogens with zero attached hydrogens (tertiary/aromatic N) is 2. The molecule has 0 aromatic heterocycles. The number of ether oxygens (including phenoxy) is 2. The highest BCUT2D eigenvalue weighted by atomic mass is 16.5. The fraction of sp³-hybridized carbons (Fsp3) is 0.391. The lowest BCUT2D eigenvalue weighted by Crippen LogP contribution is -2.54. The second-order valence-electron chi connectivity index (χ2n) is 7.48. The van der Waals surface area contributed by atoms with E-state index in [4.69, 9.17) is 9.47 Å². The molecule has 3 amide bonds. The summed E-state index contributed by atoms with van der Waals surface area (Å²) in [6.07, 6.45) is 0. The first-order chi connectivity index (χ1) is 15.0. The highest BCUT2D eigenvalue weighted by Crippen LogP contribution is 2.28. The predicted octanol–water partition coefficient (Wildman–Crippen LogP) is 2.56. The van der Waals surface area contributed by atoms with Crippen molar-refractivity contribution in [3.05, 3.63) is 54.1 Å². The zero-order chi connectivity index (χ0) is 22.2. The van der Waals surface area contributed by atoms with Crippen LogP contribution in [0.15, 0.2) is 48.5 Å². The van der Waals surface area contributed by atoms with Crippen LogP contribution in [-0.4, -0.2) is 68.2 Å². The number of benzene rings is 2. The van der Waals surface area contributed by atoms with E-state index in [2.05, 4.69) is 27.7 Å². The van der Waals surface area contributed by atoms with Crippen LogP contribution in [0.4, 0.5) is 10.5 Å². The number of hydrogen-bond donors (Lipinski definition) is 2. The third kappa shape index (κ3) is 6.11. The zero-order valence-corrected chi connectivity index (χ0v) is 18.3. The van der Waals surface area contributed by atoms with Gasteiger partial charge in [-0.05, 0) is 24.6 Å². The molecular formula is C23H30N4O4. The van der Waals surface area contributed by atoms with E-state index < -0.39 is 6.04 Å². The molecule has 0 aliphatic carbocycles. The summed E-state index contributed by atoms with van der Waals surface area (Å²) >= 11 is 0. The van der Waals surface area contributed by atoms with Gasteiger partial charge in [-0.1, -0.05) is 30.3 Å². The quantitative estimate of drug-likeness (QED) is 0.711. The van der Waals surface area contributed by atoms with E-state index in [0.717, 1.165) is 19.6 Å². The molecule has 2 aromatic rings. The van der Waals surface area contributed by atoms with Crippen molar-refractivity contribution >= 4 is 17.6 Å². The van der Waals surface area contributed by atoms with Gasteiger partial charge in [0, 0.05) is 38.8 Å². The summed E-state index contributed by atoms with van der Waals surface area (Å²) in [7, 11) is 3.08. The number of carbonyl (C=O) groups excluding carboxylic acids is 2. The zero-order valence-electron chi connectivity index (χ0n) is 18.3. The van der Waals surface area contributed by atoms with Gasteiger partial charge in [-0.15, -0.1) is 0 Å². The molecule has 1 saturated heterocycles. The van der Waals surface area contributed by atoms with E-state index in [9.17, 15) is 9.59 Å². The number of amides is 3. The summed E-state index contributed by atoms with van der Waals surface area (Å²) in [6.45, 7) is 5.37. The van der Waals surface area contributed by atoms with Gasteiger partial charge >= 0.3 is 6.03 Å². The van der Waals surface area contributed by atoms with Crippen molar-refractivity contribution < 1.29 is 19.1 Å². The molecule has 1 heterocycles. The van der Waals surface area contributed by atoms with Crippen LogP contribution in [0.3, 0.4) is 0 Å². The van der Waals surface area contributed by atoms with Crippen molar-refractivity contribution in [2.24, 2.45) is 0 Å². The molecule has 166 valence electrons. The van der Waals surface area contributed by atoms with E-state index in [-0.39, 0.29) is 11.9 Å². The van der Waals surface area contributed by atoms with Crippen LogP contribution in [0.1, 0.15) is 12.5 Å². The molecule has 2 aromatic carbocycles. The van der Waals surface area contributed by atoms with Crippen LogP contribution in [-0.2, 0) is 11.3 Å². The molecule has 8 heteroatoms. The maximum Gasteiger partial charge on any atom is 0.318 e. The molecule has 1 fully saturated rings. The average molecular weight is 427 g/mol. The Labute approximate surface area is 183 Å². The van der Waals surface area contributed by atoms with E-state index >= 15 is 0 Å². The Bertz CT molecular complexity index is 882. The minimum absolute atomic E-state index is 0.236. The van der Waals surface area contributed by atoms with Crippen molar-refractivity contribution in [3.63, 3.8) is 0 Å². The van der Waals surface area contributed by atoms with Gasteiger partial charge in [-0.2, -0.15) is 0 Å². The fourth-order valence-corrected chi connectivity index (χ4v) is 3.45. The number of piperazine rings is 1. The molecular weight excluding hydrogens is 396 g/mol. The van der Waals surface area contributed by atoms with Gasteiger partial charge in [0.25, 0.3) is 0 Å². The van der Waals surface area contributed by atoms with Crippen molar-refractivity contribution in [1.82, 2.24) is 15.1 Å². The Hall–Kier alpha value is -3.26. The third-order valence-corrected chi connectivity index (χ3v) is 5.31. The second-order valence-corrected chi connectivity index (χ2v) is 7.48. The van der Waals surface area contributed by atoms with Gasteiger partial charge in [0.2, 0.25) is 5.91 Å². The molecule has 31 heavy (non-hydrogen) atoms. The second kappa shape index (κ2) is 10.7. The maximum absolute atomic E-state index is 12.6. The minimum Gasteiger partial charge on any atom is -0.497 e. The first-order valence-electron chi connectivity index (χ1n) is 10.3. The number of urea groups is 1. The molecule has 0 saturated carbocycles. The number of carbonyl (C=O) groups is 2. The van der Waals surface area contributed by atoms with Crippen molar-refractivity contribution in [3.8, 4) is 11.5 Å². The van der Waals surface area contributed by atoms with Crippen molar-refractivity contribution in [2.45, 2.75) is 19.5 Å². The molecule has 2 N–H and O–H groups in total. The summed E-state index contributed by atoms with van der Waals surface area (Å²) in [5.41, 5.74) is 1.75. The van der Waals surface area contributed by atoms with Crippen molar-refractivity contribution in [1.29, 1.82) is 0 Å². The predicted molar refractivity (Wildman–Crippen MR) is 119 cm³/mol. The normalized spacial score (nSPS) is 15.1. The monoisotopic (exact) mass is 426 g/mol. The maximum atomic E-state index is 12.6. The number of hydrogen-bond acceptors (Lipinski definition) is 5. The highest BCUT2D eigenvalue weighted by molar-refractivity contribution is 5.98. The van der Waals surface area contributed by atoms with Gasteiger partial charge in [0.1, 0.15) is 17.5 Å². The highest BCUT2D eigenvalue weighted by Gasteiger charge is 2.24. The molecule has 3 rings (SSSR count). The molecule has 1 aliphatic heterocycles. The Morgan fingerprint density at radius 3 is 2.35 bits per heavy atom. The van der Waals surface area contributed by atoms with E-state index in [1.54, 1.807) is 37.1 Å². The number of methoxy groups -OCH3 is 2. The average Bonchev–Trinajstić information content (AvgIpc) is 2.80. The van der Waals surface area contributed by atoms with Gasteiger partial charge in [-0.3, -0.25) is 9.69 Å². The third-order valence-electron chi connectivity index (χ3n) is 5.31. The lowest BCUT2D eigenvalue weighted by Gasteiger charge is -2.35. The van der Waals surface area contributed by atoms with Gasteiger partial charge in [-0.25, -0.2) is 4.79 Å². The van der Waals surface area contributed by atoms with E-state index in [1.165, 1.54) is 12.7 Å². The number of rotatable bonds is 7. The molecule has 0 unspecified atom stereocenters.